The molecule has 178 valence electrons. The number of nitrogens with two attached hydrogens (primary N) is 1. The molecule has 0 radical (unpaired) electrons. The van der Waals surface area contributed by atoms with Crippen LogP contribution in [0.4, 0.5) is 0 Å². The van der Waals surface area contributed by atoms with Crippen LogP contribution in [0.5, 0.6) is 5.75 Å². The molecule has 0 heterocycles. The Morgan fingerprint density at radius 2 is 1.44 bits per heavy atom. The number of carboxylic acid groups (broad SMARTS) is 1. The van der Waals surface area contributed by atoms with Crippen LogP contribution in [0, 0.1) is 5.92 Å². The third-order valence-electron chi connectivity index (χ3n) is 4.59. The number of phenolic OH excluding ortho intramolecular Hbond substituents is 1. The van der Waals surface area contributed by atoms with Gasteiger partial charge >= 0.3 is 5.97 Å². The van der Waals surface area contributed by atoms with E-state index in [2.05, 4.69) is 16.0 Å². The Labute approximate surface area is 184 Å². The first-order valence-electron chi connectivity index (χ1n) is 9.89. The predicted molar refractivity (Wildman–Crippen MR) is 112 cm³/mol. The van der Waals surface area contributed by atoms with Gasteiger partial charge in [0.2, 0.25) is 17.7 Å². The number of carbonyl (C=O) groups is 4. The highest BCUT2D eigenvalue weighted by Gasteiger charge is 2.31. The Hall–Kier alpha value is -3.22. The van der Waals surface area contributed by atoms with E-state index in [1.54, 1.807) is 26.0 Å². The first-order valence-corrected chi connectivity index (χ1v) is 9.89. The number of carbonyl (C=O) groups excluding carboxylic acids is 3. The molecular weight excluding hydrogens is 424 g/mol. The third kappa shape index (κ3) is 8.13. The Balaban J connectivity index is 3.05. The summed E-state index contributed by atoms with van der Waals surface area (Å²) in [7, 11) is 0. The van der Waals surface area contributed by atoms with E-state index < -0.39 is 67.0 Å². The number of hydrogen-bond acceptors (Lipinski definition) is 8. The maximum atomic E-state index is 12.9. The lowest BCUT2D eigenvalue weighted by Crippen LogP contribution is -2.59. The molecule has 3 amide bonds. The van der Waals surface area contributed by atoms with Gasteiger partial charge in [-0.15, -0.1) is 0 Å². The van der Waals surface area contributed by atoms with Gasteiger partial charge in [-0.25, -0.2) is 4.79 Å². The van der Waals surface area contributed by atoms with Gasteiger partial charge in [-0.05, 0) is 23.6 Å². The lowest BCUT2D eigenvalue weighted by molar-refractivity contribution is -0.143. The number of aliphatic hydroxyl groups is 2. The minimum absolute atomic E-state index is 0.00880. The van der Waals surface area contributed by atoms with Crippen LogP contribution in [-0.2, 0) is 25.6 Å². The molecule has 0 spiro atoms. The van der Waals surface area contributed by atoms with Gasteiger partial charge in [-0.1, -0.05) is 26.0 Å². The number of benzene rings is 1. The van der Waals surface area contributed by atoms with E-state index in [-0.39, 0.29) is 12.2 Å². The second-order valence-electron chi connectivity index (χ2n) is 7.53. The van der Waals surface area contributed by atoms with Crippen molar-refractivity contribution in [3.63, 3.8) is 0 Å². The third-order valence-corrected chi connectivity index (χ3v) is 4.59. The van der Waals surface area contributed by atoms with Crippen molar-refractivity contribution in [3.05, 3.63) is 29.8 Å². The van der Waals surface area contributed by atoms with Crippen LogP contribution in [0.1, 0.15) is 19.4 Å². The number of aliphatic carboxylic acids is 1. The first kappa shape index (κ1) is 26.8. The summed E-state index contributed by atoms with van der Waals surface area (Å²) in [5.74, 6) is -4.25. The minimum Gasteiger partial charge on any atom is -0.508 e. The smallest absolute Gasteiger partial charge is 0.328 e. The van der Waals surface area contributed by atoms with Crippen molar-refractivity contribution >= 4 is 23.7 Å². The van der Waals surface area contributed by atoms with Gasteiger partial charge in [-0.3, -0.25) is 14.4 Å². The Morgan fingerprint density at radius 3 is 1.91 bits per heavy atom. The Bertz CT molecular complexity index is 799. The van der Waals surface area contributed by atoms with E-state index >= 15 is 0 Å². The second kappa shape index (κ2) is 12.6. The van der Waals surface area contributed by atoms with E-state index in [0.717, 1.165) is 0 Å². The summed E-state index contributed by atoms with van der Waals surface area (Å²) in [5, 5.41) is 43.7. The number of carboxylic acids is 1. The summed E-state index contributed by atoms with van der Waals surface area (Å²) >= 11 is 0. The lowest BCUT2D eigenvalue weighted by atomic mass is 10.0. The van der Waals surface area contributed by atoms with Crippen LogP contribution in [-0.4, -0.2) is 81.5 Å². The molecule has 0 bridgehead atoms. The van der Waals surface area contributed by atoms with Gasteiger partial charge in [0.15, 0.2) is 0 Å². The van der Waals surface area contributed by atoms with E-state index in [0.29, 0.717) is 5.56 Å². The number of amides is 3. The molecule has 0 saturated heterocycles. The monoisotopic (exact) mass is 454 g/mol. The highest BCUT2D eigenvalue weighted by Crippen LogP contribution is 2.12. The Kier molecular flexibility index (Phi) is 10.5. The van der Waals surface area contributed by atoms with Gasteiger partial charge < -0.3 is 42.1 Å². The Morgan fingerprint density at radius 1 is 0.875 bits per heavy atom. The molecule has 32 heavy (non-hydrogen) atoms. The molecule has 1 aromatic rings. The summed E-state index contributed by atoms with van der Waals surface area (Å²) in [6, 6.07) is 0.714. The largest absolute Gasteiger partial charge is 0.508 e. The molecule has 0 aliphatic carbocycles. The van der Waals surface area contributed by atoms with Gasteiger partial charge in [0, 0.05) is 6.42 Å². The first-order chi connectivity index (χ1) is 15.0. The van der Waals surface area contributed by atoms with Crippen LogP contribution >= 0.6 is 0 Å². The topological polar surface area (TPSA) is 211 Å². The number of aromatic hydroxyl groups is 1. The van der Waals surface area contributed by atoms with Crippen LogP contribution < -0.4 is 21.7 Å². The van der Waals surface area contributed by atoms with Crippen molar-refractivity contribution in [3.8, 4) is 5.75 Å². The van der Waals surface area contributed by atoms with E-state index in [1.165, 1.54) is 12.1 Å². The molecule has 1 rings (SSSR count). The molecule has 0 aliphatic rings. The molecule has 12 heteroatoms. The number of nitrogens with one attached hydrogen (secondary N) is 3. The predicted octanol–water partition coefficient (Wildman–Crippen LogP) is -2.56. The fourth-order valence-electron chi connectivity index (χ4n) is 2.67. The molecular formula is C20H30N4O8. The molecule has 1 aromatic carbocycles. The van der Waals surface area contributed by atoms with Crippen molar-refractivity contribution in [2.24, 2.45) is 11.7 Å². The minimum atomic E-state index is -1.55. The fraction of sp³-hybridized carbons (Fsp3) is 0.500. The van der Waals surface area contributed by atoms with Crippen LogP contribution in [0.15, 0.2) is 24.3 Å². The summed E-state index contributed by atoms with van der Waals surface area (Å²) in [4.78, 5) is 48.7. The summed E-state index contributed by atoms with van der Waals surface area (Å²) in [6.07, 6.45) is -0.0170. The maximum absolute atomic E-state index is 12.9. The van der Waals surface area contributed by atoms with Gasteiger partial charge in [0.1, 0.15) is 29.9 Å². The van der Waals surface area contributed by atoms with Crippen LogP contribution in [0.3, 0.4) is 0 Å². The zero-order valence-electron chi connectivity index (χ0n) is 17.8. The molecule has 0 aromatic heterocycles. The van der Waals surface area contributed by atoms with E-state index in [4.69, 9.17) is 21.1 Å². The summed E-state index contributed by atoms with van der Waals surface area (Å²) < 4.78 is 0. The molecule has 4 atom stereocenters. The maximum Gasteiger partial charge on any atom is 0.328 e. The molecule has 0 saturated carbocycles. The molecule has 9 N–H and O–H groups in total. The van der Waals surface area contributed by atoms with Crippen LogP contribution in [0.2, 0.25) is 0 Å². The van der Waals surface area contributed by atoms with Crippen molar-refractivity contribution in [2.45, 2.75) is 44.4 Å². The molecule has 0 fully saturated rings. The number of phenols is 1. The zero-order valence-corrected chi connectivity index (χ0v) is 17.8. The number of aliphatic hydroxyl groups excluding tert-OH is 2. The van der Waals surface area contributed by atoms with Crippen molar-refractivity contribution in [1.29, 1.82) is 0 Å². The molecule has 12 nitrogen and oxygen atoms in total. The highest BCUT2D eigenvalue weighted by atomic mass is 16.4. The van der Waals surface area contributed by atoms with Crippen molar-refractivity contribution in [2.75, 3.05) is 13.2 Å². The normalized spacial score (nSPS) is 14.7. The highest BCUT2D eigenvalue weighted by molar-refractivity contribution is 5.94. The second-order valence-corrected chi connectivity index (χ2v) is 7.53. The average molecular weight is 454 g/mol. The standard InChI is InChI=1S/C20H30N4O8/c1-10(2)16(19(30)23-15(9-26)20(31)32)24-18(29)14(22-17(28)13(21)8-25)7-11-3-5-12(27)6-4-11/h3-6,10,13-16,25-27H,7-9,21H2,1-2H3,(H,22,28)(H,23,30)(H,24,29)(H,31,32). The number of hydrogen-bond donors (Lipinski definition) is 8. The van der Waals surface area contributed by atoms with Crippen molar-refractivity contribution in [1.82, 2.24) is 16.0 Å². The van der Waals surface area contributed by atoms with Gasteiger partial charge in [-0.2, -0.15) is 0 Å². The lowest BCUT2D eigenvalue weighted by Gasteiger charge is -2.26. The van der Waals surface area contributed by atoms with Gasteiger partial charge in [0.25, 0.3) is 0 Å². The van der Waals surface area contributed by atoms with Crippen LogP contribution in [0.25, 0.3) is 0 Å². The average Bonchev–Trinajstić information content (AvgIpc) is 2.75. The molecule has 4 unspecified atom stereocenters. The summed E-state index contributed by atoms with van der Waals surface area (Å²) in [5.41, 5.74) is 6.09. The fourth-order valence-corrected chi connectivity index (χ4v) is 2.67. The van der Waals surface area contributed by atoms with Gasteiger partial charge in [0.05, 0.1) is 13.2 Å². The van der Waals surface area contributed by atoms with Crippen molar-refractivity contribution < 1.29 is 39.6 Å². The SMILES string of the molecule is CC(C)C(NC(=O)C(Cc1ccc(O)cc1)NC(=O)C(N)CO)C(=O)NC(CO)C(=O)O. The molecule has 0 aliphatic heterocycles. The quantitative estimate of drug-likeness (QED) is 0.167. The van der Waals surface area contributed by atoms with E-state index in [1.807, 2.05) is 0 Å². The zero-order chi connectivity index (χ0) is 24.4. The summed E-state index contributed by atoms with van der Waals surface area (Å²) in [6.45, 7) is 1.76. The van der Waals surface area contributed by atoms with E-state index in [9.17, 15) is 24.3 Å². The number of rotatable bonds is 12.